The molecule has 1 aliphatic rings. The number of amides is 1. The van der Waals surface area contributed by atoms with Crippen LogP contribution in [0.3, 0.4) is 0 Å². The number of benzene rings is 1. The van der Waals surface area contributed by atoms with Crippen LogP contribution in [0.5, 0.6) is 5.75 Å². The Morgan fingerprint density at radius 1 is 1.48 bits per heavy atom. The number of ether oxygens (including phenoxy) is 2. The minimum atomic E-state index is -0.295. The van der Waals surface area contributed by atoms with E-state index in [0.717, 1.165) is 11.3 Å². The van der Waals surface area contributed by atoms with Gasteiger partial charge in [0.05, 0.1) is 18.8 Å². The third-order valence-electron chi connectivity index (χ3n) is 3.39. The number of morpholine rings is 1. The van der Waals surface area contributed by atoms with Gasteiger partial charge in [-0.2, -0.15) is 0 Å². The summed E-state index contributed by atoms with van der Waals surface area (Å²) >= 11 is 0. The van der Waals surface area contributed by atoms with Gasteiger partial charge in [-0.25, -0.2) is 0 Å². The molecule has 2 N–H and O–H groups in total. The highest BCUT2D eigenvalue weighted by Gasteiger charge is 2.28. The minimum Gasteiger partial charge on any atom is -0.491 e. The second-order valence-corrected chi connectivity index (χ2v) is 5.50. The first kappa shape index (κ1) is 15.8. The van der Waals surface area contributed by atoms with E-state index < -0.39 is 0 Å². The summed E-state index contributed by atoms with van der Waals surface area (Å²) in [4.78, 5) is 12.2. The number of hydrogen-bond donors (Lipinski definition) is 2. The molecular weight excluding hydrogens is 268 g/mol. The minimum absolute atomic E-state index is 0.0402. The Bertz CT molecular complexity index is 476. The number of rotatable bonds is 5. The first-order valence-corrected chi connectivity index (χ1v) is 7.45. The lowest BCUT2D eigenvalue weighted by Gasteiger charge is -2.29. The van der Waals surface area contributed by atoms with Crippen molar-refractivity contribution in [2.75, 3.05) is 13.2 Å². The number of nitrogens with one attached hydrogen (secondary N) is 2. The second kappa shape index (κ2) is 7.43. The highest BCUT2D eigenvalue weighted by atomic mass is 16.5. The molecule has 0 unspecified atom stereocenters. The Kier molecular flexibility index (Phi) is 5.59. The summed E-state index contributed by atoms with van der Waals surface area (Å²) in [5.74, 6) is 0.773. The van der Waals surface area contributed by atoms with E-state index in [2.05, 4.69) is 10.6 Å². The third-order valence-corrected chi connectivity index (χ3v) is 3.39. The molecule has 2 rings (SSSR count). The van der Waals surface area contributed by atoms with Crippen molar-refractivity contribution in [1.82, 2.24) is 10.6 Å². The van der Waals surface area contributed by atoms with Gasteiger partial charge in [-0.15, -0.1) is 0 Å². The molecule has 2 atom stereocenters. The molecule has 1 aromatic rings. The van der Waals surface area contributed by atoms with Gasteiger partial charge in [0.25, 0.3) is 0 Å². The molecule has 0 saturated carbocycles. The van der Waals surface area contributed by atoms with Gasteiger partial charge >= 0.3 is 0 Å². The van der Waals surface area contributed by atoms with Gasteiger partial charge in [0, 0.05) is 18.7 Å². The van der Waals surface area contributed by atoms with E-state index in [-0.39, 0.29) is 24.2 Å². The summed E-state index contributed by atoms with van der Waals surface area (Å²) in [5.41, 5.74) is 0.976. The van der Waals surface area contributed by atoms with Crippen LogP contribution in [0.4, 0.5) is 0 Å². The Morgan fingerprint density at radius 2 is 2.24 bits per heavy atom. The summed E-state index contributed by atoms with van der Waals surface area (Å²) in [5, 5.41) is 6.13. The first-order chi connectivity index (χ1) is 10.1. The van der Waals surface area contributed by atoms with Gasteiger partial charge < -0.3 is 20.1 Å². The van der Waals surface area contributed by atoms with E-state index in [1.165, 1.54) is 0 Å². The molecule has 5 heteroatoms. The molecule has 0 spiro atoms. The average Bonchev–Trinajstić information content (AvgIpc) is 2.46. The molecule has 116 valence electrons. The van der Waals surface area contributed by atoms with Gasteiger partial charge in [0.15, 0.2) is 0 Å². The van der Waals surface area contributed by atoms with Gasteiger partial charge in [-0.05, 0) is 26.8 Å². The fourth-order valence-electron chi connectivity index (χ4n) is 2.34. The zero-order valence-electron chi connectivity index (χ0n) is 12.9. The molecule has 1 aromatic carbocycles. The summed E-state index contributed by atoms with van der Waals surface area (Å²) in [6.45, 7) is 7.69. The van der Waals surface area contributed by atoms with Gasteiger partial charge in [0.2, 0.25) is 5.91 Å². The largest absolute Gasteiger partial charge is 0.491 e. The molecule has 21 heavy (non-hydrogen) atoms. The lowest BCUT2D eigenvalue weighted by molar-refractivity contribution is -0.129. The van der Waals surface area contributed by atoms with E-state index in [1.54, 1.807) is 0 Å². The van der Waals surface area contributed by atoms with Crippen LogP contribution in [0, 0.1) is 0 Å². The Hall–Kier alpha value is -1.59. The lowest BCUT2D eigenvalue weighted by atomic mass is 10.1. The Labute approximate surface area is 126 Å². The fraction of sp³-hybridized carbons (Fsp3) is 0.562. The van der Waals surface area contributed by atoms with E-state index in [0.29, 0.717) is 19.7 Å². The quantitative estimate of drug-likeness (QED) is 0.863. The second-order valence-electron chi connectivity index (χ2n) is 5.50. The van der Waals surface area contributed by atoms with Crippen molar-refractivity contribution < 1.29 is 14.3 Å². The Balaban J connectivity index is 1.94. The number of hydrogen-bond acceptors (Lipinski definition) is 4. The SMILES string of the molecule is CC(C)Oc1ccccc1CNC(=O)[C@H]1NCCO[C@@H]1C. The predicted molar refractivity (Wildman–Crippen MR) is 81.3 cm³/mol. The summed E-state index contributed by atoms with van der Waals surface area (Å²) < 4.78 is 11.2. The van der Waals surface area contributed by atoms with Gasteiger partial charge in [-0.3, -0.25) is 4.79 Å². The fourth-order valence-corrected chi connectivity index (χ4v) is 2.34. The summed E-state index contributed by atoms with van der Waals surface area (Å²) in [7, 11) is 0. The van der Waals surface area contributed by atoms with E-state index in [1.807, 2.05) is 45.0 Å². The highest BCUT2D eigenvalue weighted by Crippen LogP contribution is 2.19. The van der Waals surface area contributed by atoms with Crippen molar-refractivity contribution in [3.05, 3.63) is 29.8 Å². The normalized spacial score (nSPS) is 22.1. The molecule has 0 aromatic heterocycles. The zero-order valence-corrected chi connectivity index (χ0v) is 12.9. The van der Waals surface area contributed by atoms with Crippen molar-refractivity contribution in [3.63, 3.8) is 0 Å². The van der Waals surface area contributed by atoms with E-state index in [4.69, 9.17) is 9.47 Å². The maximum Gasteiger partial charge on any atom is 0.240 e. The van der Waals surface area contributed by atoms with Crippen molar-refractivity contribution in [1.29, 1.82) is 0 Å². The van der Waals surface area contributed by atoms with Crippen LogP contribution in [0.15, 0.2) is 24.3 Å². The van der Waals surface area contributed by atoms with Gasteiger partial charge in [0.1, 0.15) is 11.8 Å². The van der Waals surface area contributed by atoms with Crippen LogP contribution < -0.4 is 15.4 Å². The van der Waals surface area contributed by atoms with Crippen molar-refractivity contribution in [2.24, 2.45) is 0 Å². The molecule has 0 bridgehead atoms. The maximum absolute atomic E-state index is 12.2. The highest BCUT2D eigenvalue weighted by molar-refractivity contribution is 5.82. The average molecular weight is 292 g/mol. The molecule has 1 saturated heterocycles. The molecule has 1 fully saturated rings. The predicted octanol–water partition coefficient (Wildman–Crippen LogP) is 1.47. The van der Waals surface area contributed by atoms with Crippen LogP contribution in [-0.4, -0.2) is 37.3 Å². The molecular formula is C16H24N2O3. The van der Waals surface area contributed by atoms with Crippen molar-refractivity contribution in [2.45, 2.75) is 45.6 Å². The number of carbonyl (C=O) groups is 1. The number of carbonyl (C=O) groups excluding carboxylic acids is 1. The van der Waals surface area contributed by atoms with Gasteiger partial charge in [-0.1, -0.05) is 18.2 Å². The topological polar surface area (TPSA) is 59.6 Å². The van der Waals surface area contributed by atoms with Crippen molar-refractivity contribution in [3.8, 4) is 5.75 Å². The maximum atomic E-state index is 12.2. The smallest absolute Gasteiger partial charge is 0.240 e. The van der Waals surface area contributed by atoms with E-state index >= 15 is 0 Å². The Morgan fingerprint density at radius 3 is 2.95 bits per heavy atom. The molecule has 1 heterocycles. The monoisotopic (exact) mass is 292 g/mol. The van der Waals surface area contributed by atoms with Crippen LogP contribution >= 0.6 is 0 Å². The number of para-hydroxylation sites is 1. The van der Waals surface area contributed by atoms with E-state index in [9.17, 15) is 4.79 Å². The molecule has 1 aliphatic heterocycles. The summed E-state index contributed by atoms with van der Waals surface area (Å²) in [6, 6.07) is 7.47. The summed E-state index contributed by atoms with van der Waals surface area (Å²) in [6.07, 6.45) is -0.00353. The standard InChI is InChI=1S/C16H24N2O3/c1-11(2)21-14-7-5-4-6-13(14)10-18-16(19)15-12(3)20-9-8-17-15/h4-7,11-12,15,17H,8-10H2,1-3H3,(H,18,19)/t12-,15+/m1/s1. The molecule has 1 amide bonds. The molecule has 0 aliphatic carbocycles. The third kappa shape index (κ3) is 4.44. The van der Waals surface area contributed by atoms with Crippen LogP contribution in [0.1, 0.15) is 26.3 Å². The van der Waals surface area contributed by atoms with Crippen LogP contribution in [0.25, 0.3) is 0 Å². The molecule has 0 radical (unpaired) electrons. The van der Waals surface area contributed by atoms with Crippen molar-refractivity contribution >= 4 is 5.91 Å². The molecule has 5 nitrogen and oxygen atoms in total. The zero-order chi connectivity index (χ0) is 15.2. The lowest BCUT2D eigenvalue weighted by Crippen LogP contribution is -2.55. The first-order valence-electron chi connectivity index (χ1n) is 7.45. The van der Waals surface area contributed by atoms with Crippen LogP contribution in [-0.2, 0) is 16.1 Å². The van der Waals surface area contributed by atoms with Crippen LogP contribution in [0.2, 0.25) is 0 Å².